The molecule has 2 aliphatic rings. The normalized spacial score (nSPS) is 15.4. The number of aryl methyl sites for hydroxylation is 1. The summed E-state index contributed by atoms with van der Waals surface area (Å²) in [6.45, 7) is 2.60. The van der Waals surface area contributed by atoms with Crippen LogP contribution in [-0.4, -0.2) is 45.9 Å². The van der Waals surface area contributed by atoms with Crippen molar-refractivity contribution >= 4 is 23.2 Å². The molecule has 0 bridgehead atoms. The second kappa shape index (κ2) is 6.94. The summed E-state index contributed by atoms with van der Waals surface area (Å²) in [5, 5.41) is 16.5. The van der Waals surface area contributed by atoms with Gasteiger partial charge in [0.2, 0.25) is 0 Å². The van der Waals surface area contributed by atoms with Crippen molar-refractivity contribution in [3.63, 3.8) is 0 Å². The van der Waals surface area contributed by atoms with Crippen molar-refractivity contribution in [3.8, 4) is 17.2 Å². The number of ether oxygens (including phenoxy) is 2. The third-order valence-corrected chi connectivity index (χ3v) is 5.29. The highest BCUT2D eigenvalue weighted by Gasteiger charge is 2.29. The van der Waals surface area contributed by atoms with Crippen molar-refractivity contribution < 1.29 is 24.2 Å². The van der Waals surface area contributed by atoms with E-state index in [4.69, 9.17) is 9.47 Å². The zero-order valence-corrected chi connectivity index (χ0v) is 16.3. The van der Waals surface area contributed by atoms with E-state index in [0.717, 1.165) is 12.8 Å². The fourth-order valence-corrected chi connectivity index (χ4v) is 3.60. The molecule has 2 amide bonds. The van der Waals surface area contributed by atoms with Crippen LogP contribution in [0, 0.1) is 6.92 Å². The van der Waals surface area contributed by atoms with E-state index in [-0.39, 0.29) is 17.6 Å². The van der Waals surface area contributed by atoms with Gasteiger partial charge in [0.05, 0.1) is 24.0 Å². The van der Waals surface area contributed by atoms with E-state index in [9.17, 15) is 14.7 Å². The first-order valence-corrected chi connectivity index (χ1v) is 9.74. The smallest absolute Gasteiger partial charge is 0.337 e. The number of amides is 2. The molecule has 5 rings (SSSR count). The molecule has 0 unspecified atom stereocenters. The van der Waals surface area contributed by atoms with Gasteiger partial charge in [0.25, 0.3) is 0 Å². The molecular formula is C21H20N4O5. The van der Waals surface area contributed by atoms with Gasteiger partial charge in [-0.25, -0.2) is 14.1 Å². The molecule has 1 saturated carbocycles. The van der Waals surface area contributed by atoms with Crippen LogP contribution in [0.1, 0.15) is 28.8 Å². The van der Waals surface area contributed by atoms with Crippen LogP contribution in [0.25, 0.3) is 5.52 Å². The minimum absolute atomic E-state index is 0.114. The number of rotatable bonds is 4. The summed E-state index contributed by atoms with van der Waals surface area (Å²) in [5.41, 5.74) is 2.02. The number of nitrogens with zero attached hydrogens (tertiary/aromatic N) is 3. The number of benzene rings is 1. The van der Waals surface area contributed by atoms with E-state index in [0.29, 0.717) is 47.2 Å². The van der Waals surface area contributed by atoms with E-state index >= 15 is 0 Å². The maximum Gasteiger partial charge on any atom is 0.337 e. The molecule has 2 N–H and O–H groups in total. The van der Waals surface area contributed by atoms with Gasteiger partial charge in [0.15, 0.2) is 5.75 Å². The van der Waals surface area contributed by atoms with Gasteiger partial charge >= 0.3 is 12.0 Å². The second-order valence-corrected chi connectivity index (χ2v) is 7.42. The number of aromatic carboxylic acids is 1. The fourth-order valence-electron chi connectivity index (χ4n) is 3.60. The number of carbonyl (C=O) groups excluding carboxylic acids is 1. The number of urea groups is 1. The molecule has 1 aliphatic carbocycles. The van der Waals surface area contributed by atoms with Gasteiger partial charge in [-0.15, -0.1) is 0 Å². The van der Waals surface area contributed by atoms with Gasteiger partial charge in [-0.05, 0) is 37.5 Å². The number of hydrogen-bond donors (Lipinski definition) is 2. The topological polar surface area (TPSA) is 105 Å². The minimum Gasteiger partial charge on any atom is -0.489 e. The lowest BCUT2D eigenvalue weighted by Crippen LogP contribution is -2.45. The Morgan fingerprint density at radius 1 is 1.30 bits per heavy atom. The van der Waals surface area contributed by atoms with Crippen LogP contribution in [0.5, 0.6) is 17.2 Å². The Labute approximate surface area is 171 Å². The van der Waals surface area contributed by atoms with Crippen molar-refractivity contribution in [2.45, 2.75) is 25.8 Å². The molecule has 1 aliphatic heterocycles. The molecule has 0 saturated heterocycles. The minimum atomic E-state index is -1.02. The molecule has 0 radical (unpaired) electrons. The molecule has 0 spiro atoms. The molecule has 1 fully saturated rings. The van der Waals surface area contributed by atoms with E-state index in [2.05, 4.69) is 10.4 Å². The van der Waals surface area contributed by atoms with Crippen LogP contribution < -0.4 is 19.7 Å². The van der Waals surface area contributed by atoms with Crippen molar-refractivity contribution in [2.75, 3.05) is 18.1 Å². The molecule has 30 heavy (non-hydrogen) atoms. The average molecular weight is 408 g/mol. The standard InChI is InChI=1S/C21H20N4O5/c1-12-15(20(26)27)11-25-19(12)17(6-7-22-25)30-14-4-5-16-18(10-14)29-9-8-24(16)21(28)23-13-2-3-13/h4-7,10-11,13H,2-3,8-9H2,1H3,(H,23,28)(H,26,27). The molecule has 9 nitrogen and oxygen atoms in total. The molecule has 2 aromatic heterocycles. The number of carboxylic acid groups (broad SMARTS) is 1. The van der Waals surface area contributed by atoms with Crippen molar-refractivity contribution in [2.24, 2.45) is 0 Å². The molecular weight excluding hydrogens is 388 g/mol. The third kappa shape index (κ3) is 3.18. The Hall–Kier alpha value is -3.75. The van der Waals surface area contributed by atoms with Gasteiger partial charge < -0.3 is 19.9 Å². The Balaban J connectivity index is 1.45. The van der Waals surface area contributed by atoms with Crippen molar-refractivity contribution in [1.82, 2.24) is 14.9 Å². The molecule has 9 heteroatoms. The summed E-state index contributed by atoms with van der Waals surface area (Å²) >= 11 is 0. The lowest BCUT2D eigenvalue weighted by atomic mass is 10.2. The van der Waals surface area contributed by atoms with E-state index in [1.807, 2.05) is 0 Å². The average Bonchev–Trinajstić information content (AvgIpc) is 3.48. The monoisotopic (exact) mass is 408 g/mol. The van der Waals surface area contributed by atoms with Gasteiger partial charge in [-0.2, -0.15) is 5.10 Å². The lowest BCUT2D eigenvalue weighted by molar-refractivity contribution is 0.0696. The molecule has 3 heterocycles. The predicted molar refractivity (Wildman–Crippen MR) is 108 cm³/mol. The highest BCUT2D eigenvalue weighted by atomic mass is 16.5. The van der Waals surface area contributed by atoms with Crippen molar-refractivity contribution in [1.29, 1.82) is 0 Å². The van der Waals surface area contributed by atoms with Gasteiger partial charge in [0.1, 0.15) is 23.6 Å². The maximum absolute atomic E-state index is 12.5. The Morgan fingerprint density at radius 3 is 2.90 bits per heavy atom. The highest BCUT2D eigenvalue weighted by Crippen LogP contribution is 2.38. The van der Waals surface area contributed by atoms with Gasteiger partial charge in [-0.1, -0.05) is 0 Å². The third-order valence-electron chi connectivity index (χ3n) is 5.29. The summed E-state index contributed by atoms with van der Waals surface area (Å²) in [7, 11) is 0. The number of carbonyl (C=O) groups is 2. The zero-order valence-electron chi connectivity index (χ0n) is 16.3. The summed E-state index contributed by atoms with van der Waals surface area (Å²) in [4.78, 5) is 25.6. The molecule has 0 atom stereocenters. The number of fused-ring (bicyclic) bond motifs is 2. The van der Waals surface area contributed by atoms with Crippen LogP contribution in [-0.2, 0) is 0 Å². The quantitative estimate of drug-likeness (QED) is 0.687. The number of aromatic nitrogens is 2. The molecule has 3 aromatic rings. The Morgan fingerprint density at radius 2 is 2.13 bits per heavy atom. The first-order chi connectivity index (χ1) is 14.5. The molecule has 1 aromatic carbocycles. The summed E-state index contributed by atoms with van der Waals surface area (Å²) in [6, 6.07) is 7.14. The van der Waals surface area contributed by atoms with Crippen LogP contribution in [0.4, 0.5) is 10.5 Å². The van der Waals surface area contributed by atoms with Crippen LogP contribution in [0.2, 0.25) is 0 Å². The number of hydrogen-bond acceptors (Lipinski definition) is 5. The summed E-state index contributed by atoms with van der Waals surface area (Å²) in [5.74, 6) is 0.543. The Bertz CT molecular complexity index is 1170. The maximum atomic E-state index is 12.5. The first kappa shape index (κ1) is 18.3. The number of carboxylic acids is 1. The number of anilines is 1. The molecule has 154 valence electrons. The fraction of sp³-hybridized carbons (Fsp3) is 0.286. The highest BCUT2D eigenvalue weighted by molar-refractivity contribution is 5.95. The Kier molecular flexibility index (Phi) is 4.23. The summed E-state index contributed by atoms with van der Waals surface area (Å²) in [6.07, 6.45) is 5.07. The van der Waals surface area contributed by atoms with Gasteiger partial charge in [0, 0.05) is 24.4 Å². The van der Waals surface area contributed by atoms with E-state index in [1.165, 1.54) is 10.7 Å². The largest absolute Gasteiger partial charge is 0.489 e. The number of nitrogens with one attached hydrogen (secondary N) is 1. The van der Waals surface area contributed by atoms with Crippen molar-refractivity contribution in [3.05, 3.63) is 47.8 Å². The van der Waals surface area contributed by atoms with Crippen LogP contribution >= 0.6 is 0 Å². The predicted octanol–water partition coefficient (Wildman–Crippen LogP) is 3.20. The second-order valence-electron chi connectivity index (χ2n) is 7.42. The SMILES string of the molecule is Cc1c(C(=O)O)cn2nccc(Oc3ccc4c(c3)OCCN4C(=O)NC3CC3)c12. The van der Waals surface area contributed by atoms with Gasteiger partial charge in [-0.3, -0.25) is 4.90 Å². The van der Waals surface area contributed by atoms with Crippen LogP contribution in [0.15, 0.2) is 36.7 Å². The summed E-state index contributed by atoms with van der Waals surface area (Å²) < 4.78 is 13.3. The van der Waals surface area contributed by atoms with E-state index < -0.39 is 5.97 Å². The van der Waals surface area contributed by atoms with Crippen LogP contribution in [0.3, 0.4) is 0 Å². The lowest BCUT2D eigenvalue weighted by Gasteiger charge is -2.29. The first-order valence-electron chi connectivity index (χ1n) is 9.74. The van der Waals surface area contributed by atoms with E-state index in [1.54, 1.807) is 42.3 Å². The zero-order chi connectivity index (χ0) is 20.8.